The van der Waals surface area contributed by atoms with Crippen LogP contribution in [0.2, 0.25) is 0 Å². The summed E-state index contributed by atoms with van der Waals surface area (Å²) in [6, 6.07) is 0. The lowest BCUT2D eigenvalue weighted by Crippen LogP contribution is -2.43. The van der Waals surface area contributed by atoms with E-state index in [-0.39, 0.29) is 17.2 Å². The van der Waals surface area contributed by atoms with E-state index < -0.39 is 17.8 Å². The number of aliphatic hydroxyl groups excluding tert-OH is 1. The molecule has 0 aromatic carbocycles. The van der Waals surface area contributed by atoms with Gasteiger partial charge in [0.2, 0.25) is 0 Å². The molecule has 0 saturated carbocycles. The summed E-state index contributed by atoms with van der Waals surface area (Å²) < 4.78 is 10.8. The van der Waals surface area contributed by atoms with Crippen molar-refractivity contribution < 1.29 is 24.2 Å². The normalized spacial score (nSPS) is 24.7. The number of likely N-dealkylation sites (tertiary alicyclic amines) is 1. The monoisotopic (exact) mass is 342 g/mol. The third-order valence-electron chi connectivity index (χ3n) is 4.86. The summed E-state index contributed by atoms with van der Waals surface area (Å²) in [5, 5.41) is 12.4. The molecule has 2 aliphatic heterocycles. The van der Waals surface area contributed by atoms with E-state index in [0.29, 0.717) is 32.8 Å². The second-order valence-electron chi connectivity index (χ2n) is 7.95. The molecule has 0 radical (unpaired) electrons. The minimum absolute atomic E-state index is 0.0577. The van der Waals surface area contributed by atoms with Crippen molar-refractivity contribution >= 4 is 12.0 Å². The lowest BCUT2D eigenvalue weighted by atomic mass is 9.72. The van der Waals surface area contributed by atoms with Gasteiger partial charge in [0.1, 0.15) is 11.7 Å². The summed E-state index contributed by atoms with van der Waals surface area (Å²) in [5.41, 5.74) is -0.595. The third kappa shape index (κ3) is 4.60. The first-order valence-corrected chi connectivity index (χ1v) is 8.64. The van der Waals surface area contributed by atoms with Gasteiger partial charge in [0.25, 0.3) is 5.91 Å². The first kappa shape index (κ1) is 19.0. The molecule has 2 fully saturated rings. The first-order valence-electron chi connectivity index (χ1n) is 8.64. The van der Waals surface area contributed by atoms with Crippen LogP contribution in [0, 0.1) is 11.3 Å². The Hall–Kier alpha value is -1.34. The maximum Gasteiger partial charge on any atom is 0.407 e. The van der Waals surface area contributed by atoms with Gasteiger partial charge in [0.15, 0.2) is 0 Å². The van der Waals surface area contributed by atoms with E-state index in [9.17, 15) is 14.7 Å². The molecule has 24 heavy (non-hydrogen) atoms. The van der Waals surface area contributed by atoms with Crippen molar-refractivity contribution in [2.45, 2.75) is 52.2 Å². The Morgan fingerprint density at radius 3 is 2.54 bits per heavy atom. The number of carbonyl (C=O) groups is 2. The molecule has 2 N–H and O–H groups in total. The minimum Gasteiger partial charge on any atom is -0.444 e. The van der Waals surface area contributed by atoms with Crippen LogP contribution >= 0.6 is 0 Å². The Morgan fingerprint density at radius 2 is 2.00 bits per heavy atom. The van der Waals surface area contributed by atoms with Crippen LogP contribution in [0.1, 0.15) is 40.5 Å². The molecule has 2 amide bonds. The largest absolute Gasteiger partial charge is 0.444 e. The predicted octanol–water partition coefficient (Wildman–Crippen LogP) is 1.15. The lowest BCUT2D eigenvalue weighted by molar-refractivity contribution is -0.138. The molecule has 7 nitrogen and oxygen atoms in total. The van der Waals surface area contributed by atoms with Gasteiger partial charge in [-0.05, 0) is 46.0 Å². The Balaban J connectivity index is 2.02. The van der Waals surface area contributed by atoms with Gasteiger partial charge in [-0.25, -0.2) is 4.79 Å². The minimum atomic E-state index is -1.00. The Kier molecular flexibility index (Phi) is 5.75. The van der Waals surface area contributed by atoms with Crippen LogP contribution in [0.15, 0.2) is 0 Å². The van der Waals surface area contributed by atoms with Crippen LogP contribution in [0.3, 0.4) is 0 Å². The zero-order chi connectivity index (χ0) is 18.0. The topological polar surface area (TPSA) is 88.1 Å². The summed E-state index contributed by atoms with van der Waals surface area (Å²) in [6.45, 7) is 9.91. The fourth-order valence-corrected chi connectivity index (χ4v) is 3.61. The number of hydrogen-bond donors (Lipinski definition) is 2. The van der Waals surface area contributed by atoms with Gasteiger partial charge in [-0.1, -0.05) is 0 Å². The summed E-state index contributed by atoms with van der Waals surface area (Å²) in [7, 11) is 0. The summed E-state index contributed by atoms with van der Waals surface area (Å²) in [5.74, 6) is -0.114. The maximum absolute atomic E-state index is 12.2. The molecule has 2 aliphatic rings. The predicted molar refractivity (Wildman–Crippen MR) is 88.5 cm³/mol. The van der Waals surface area contributed by atoms with Crippen LogP contribution < -0.4 is 5.32 Å². The highest BCUT2D eigenvalue weighted by Gasteiger charge is 2.48. The average Bonchev–Trinajstić information content (AvgIpc) is 2.81. The van der Waals surface area contributed by atoms with Gasteiger partial charge in [-0.2, -0.15) is 0 Å². The van der Waals surface area contributed by atoms with Crippen LogP contribution in [-0.4, -0.2) is 66.6 Å². The number of amides is 2. The highest BCUT2D eigenvalue weighted by atomic mass is 16.6. The van der Waals surface area contributed by atoms with E-state index in [4.69, 9.17) is 9.47 Å². The van der Waals surface area contributed by atoms with Gasteiger partial charge in [0.05, 0.1) is 0 Å². The van der Waals surface area contributed by atoms with Gasteiger partial charge < -0.3 is 24.8 Å². The molecule has 1 spiro atoms. The first-order chi connectivity index (χ1) is 11.1. The van der Waals surface area contributed by atoms with Crippen molar-refractivity contribution in [3.8, 4) is 0 Å². The van der Waals surface area contributed by atoms with E-state index >= 15 is 0 Å². The fourth-order valence-electron chi connectivity index (χ4n) is 3.61. The van der Waals surface area contributed by atoms with Gasteiger partial charge in [0, 0.05) is 38.8 Å². The van der Waals surface area contributed by atoms with E-state index in [1.54, 1.807) is 4.90 Å². The lowest BCUT2D eigenvalue weighted by Gasteiger charge is -2.38. The number of aliphatic hydroxyl groups is 1. The number of nitrogens with one attached hydrogen (secondary N) is 1. The molecule has 0 aromatic heterocycles. The molecule has 2 saturated heterocycles. The maximum atomic E-state index is 12.2. The Bertz CT molecular complexity index is 466. The molecule has 0 aromatic rings. The Morgan fingerprint density at radius 1 is 1.38 bits per heavy atom. The SMILES string of the molecule is C[C@@H](O)C(=O)N1C[C@@H](CNC(=O)OC(C)(C)C)C2(CCOCC2)C1. The zero-order valence-corrected chi connectivity index (χ0v) is 15.1. The van der Waals surface area contributed by atoms with Crippen molar-refractivity contribution in [1.82, 2.24) is 10.2 Å². The molecular formula is C17H30N2O5. The summed E-state index contributed by atoms with van der Waals surface area (Å²) >= 11 is 0. The number of hydrogen-bond acceptors (Lipinski definition) is 5. The van der Waals surface area contributed by atoms with E-state index in [0.717, 1.165) is 12.8 Å². The number of alkyl carbamates (subject to hydrolysis) is 1. The smallest absolute Gasteiger partial charge is 0.407 e. The number of ether oxygens (including phenoxy) is 2. The quantitative estimate of drug-likeness (QED) is 0.803. The number of carbonyl (C=O) groups excluding carboxylic acids is 2. The summed E-state index contributed by atoms with van der Waals surface area (Å²) in [6.07, 6.45) is 0.276. The average molecular weight is 342 g/mol. The van der Waals surface area contributed by atoms with Crippen LogP contribution in [0.5, 0.6) is 0 Å². The van der Waals surface area contributed by atoms with Crippen molar-refractivity contribution in [3.05, 3.63) is 0 Å². The number of nitrogens with zero attached hydrogens (tertiary/aromatic N) is 1. The highest BCUT2D eigenvalue weighted by Crippen LogP contribution is 2.44. The van der Waals surface area contributed by atoms with Crippen molar-refractivity contribution in [3.63, 3.8) is 0 Å². The van der Waals surface area contributed by atoms with Crippen molar-refractivity contribution in [2.75, 3.05) is 32.8 Å². The van der Waals surface area contributed by atoms with E-state index in [1.807, 2.05) is 20.8 Å². The standard InChI is InChI=1S/C17H30N2O5/c1-12(20)14(21)19-10-13(9-18-15(22)24-16(2,3)4)17(11-19)5-7-23-8-6-17/h12-13,20H,5-11H2,1-4H3,(H,18,22)/t12-,13-/m1/s1. The van der Waals surface area contributed by atoms with Crippen LogP contribution in [0.4, 0.5) is 4.79 Å². The molecule has 2 rings (SSSR count). The molecular weight excluding hydrogens is 312 g/mol. The molecule has 0 unspecified atom stereocenters. The molecule has 2 heterocycles. The van der Waals surface area contributed by atoms with Gasteiger partial charge in [-0.3, -0.25) is 4.79 Å². The van der Waals surface area contributed by atoms with Crippen LogP contribution in [0.25, 0.3) is 0 Å². The molecule has 138 valence electrons. The third-order valence-corrected chi connectivity index (χ3v) is 4.86. The Labute approximate surface area is 143 Å². The van der Waals surface area contributed by atoms with Crippen LogP contribution in [-0.2, 0) is 14.3 Å². The highest BCUT2D eigenvalue weighted by molar-refractivity contribution is 5.80. The zero-order valence-electron chi connectivity index (χ0n) is 15.1. The summed E-state index contributed by atoms with van der Waals surface area (Å²) in [4.78, 5) is 25.8. The van der Waals surface area contributed by atoms with E-state index in [1.165, 1.54) is 6.92 Å². The second-order valence-corrected chi connectivity index (χ2v) is 7.95. The van der Waals surface area contributed by atoms with Gasteiger partial charge >= 0.3 is 6.09 Å². The number of rotatable bonds is 3. The van der Waals surface area contributed by atoms with E-state index in [2.05, 4.69) is 5.32 Å². The van der Waals surface area contributed by atoms with Crippen molar-refractivity contribution in [2.24, 2.45) is 11.3 Å². The fraction of sp³-hybridized carbons (Fsp3) is 0.882. The van der Waals surface area contributed by atoms with Crippen molar-refractivity contribution in [1.29, 1.82) is 0 Å². The second kappa shape index (κ2) is 7.27. The molecule has 0 aliphatic carbocycles. The molecule has 2 atom stereocenters. The molecule has 0 bridgehead atoms. The molecule has 7 heteroatoms. The van der Waals surface area contributed by atoms with Gasteiger partial charge in [-0.15, -0.1) is 0 Å².